The first-order chi connectivity index (χ1) is 11.8. The number of halogens is 2. The van der Waals surface area contributed by atoms with Gasteiger partial charge in [0.15, 0.2) is 0 Å². The second kappa shape index (κ2) is 9.33. The van der Waals surface area contributed by atoms with Gasteiger partial charge in [0.1, 0.15) is 5.00 Å². The van der Waals surface area contributed by atoms with Gasteiger partial charge < -0.3 is 5.32 Å². The van der Waals surface area contributed by atoms with Crippen molar-refractivity contribution in [3.8, 4) is 0 Å². The highest BCUT2D eigenvalue weighted by molar-refractivity contribution is 6.32. The van der Waals surface area contributed by atoms with Gasteiger partial charge >= 0.3 is 0 Å². The van der Waals surface area contributed by atoms with Gasteiger partial charge in [-0.15, -0.1) is 23.2 Å². The van der Waals surface area contributed by atoms with Crippen LogP contribution in [0, 0.1) is 16.2 Å². The molecule has 156 valence electrons. The third kappa shape index (κ3) is 5.31. The van der Waals surface area contributed by atoms with Gasteiger partial charge in [0, 0.05) is 6.04 Å². The zero-order valence-corrected chi connectivity index (χ0v) is 20.1. The average Bonchev–Trinajstić information content (AvgIpc) is 2.49. The summed E-state index contributed by atoms with van der Waals surface area (Å²) in [6.07, 6.45) is 6.63. The molecule has 0 heterocycles. The number of hydrogen-bond donors (Lipinski definition) is 2. The third-order valence-electron chi connectivity index (χ3n) is 6.68. The highest BCUT2D eigenvalue weighted by atomic mass is 35.5. The van der Waals surface area contributed by atoms with Crippen LogP contribution in [0.5, 0.6) is 0 Å². The topological polar surface area (TPSA) is 24.1 Å². The Balaban J connectivity index is 3.26. The molecular formula is C22H44Cl2N2. The van der Waals surface area contributed by atoms with Gasteiger partial charge in [-0.2, -0.15) is 0 Å². The van der Waals surface area contributed by atoms with Crippen LogP contribution in [-0.4, -0.2) is 29.5 Å². The summed E-state index contributed by atoms with van der Waals surface area (Å²) in [5, 5.41) is 7.31. The molecule has 1 fully saturated rings. The summed E-state index contributed by atoms with van der Waals surface area (Å²) in [7, 11) is 0. The molecule has 1 aliphatic carbocycles. The summed E-state index contributed by atoms with van der Waals surface area (Å²) in [5.41, 5.74) is 0.370. The summed E-state index contributed by atoms with van der Waals surface area (Å²) < 4.78 is 0. The fourth-order valence-electron chi connectivity index (χ4n) is 4.95. The van der Waals surface area contributed by atoms with E-state index in [9.17, 15) is 0 Å². The highest BCUT2D eigenvalue weighted by Gasteiger charge is 2.61. The van der Waals surface area contributed by atoms with Crippen molar-refractivity contribution in [3.05, 3.63) is 0 Å². The Morgan fingerprint density at radius 3 is 1.88 bits per heavy atom. The Morgan fingerprint density at radius 2 is 1.42 bits per heavy atom. The Hall–Kier alpha value is 0.500. The third-order valence-corrected chi connectivity index (χ3v) is 7.97. The molecule has 0 radical (unpaired) electrons. The summed E-state index contributed by atoms with van der Waals surface area (Å²) in [5.74, 6) is 0. The Kier molecular flexibility index (Phi) is 8.81. The minimum Gasteiger partial charge on any atom is -0.312 e. The molecule has 0 spiro atoms. The van der Waals surface area contributed by atoms with E-state index in [0.29, 0.717) is 0 Å². The second-order valence-electron chi connectivity index (χ2n) is 10.4. The van der Waals surface area contributed by atoms with Crippen molar-refractivity contribution in [2.24, 2.45) is 16.2 Å². The van der Waals surface area contributed by atoms with Crippen LogP contribution in [-0.2, 0) is 0 Å². The fraction of sp³-hybridized carbons (Fsp3) is 1.00. The highest BCUT2D eigenvalue weighted by Crippen LogP contribution is 2.62. The average molecular weight is 408 g/mol. The predicted molar refractivity (Wildman–Crippen MR) is 118 cm³/mol. The molecule has 2 nitrogen and oxygen atoms in total. The van der Waals surface area contributed by atoms with E-state index < -0.39 is 5.00 Å². The van der Waals surface area contributed by atoms with Crippen molar-refractivity contribution in [3.63, 3.8) is 0 Å². The van der Waals surface area contributed by atoms with Crippen LogP contribution in [0.1, 0.15) is 93.9 Å². The summed E-state index contributed by atoms with van der Waals surface area (Å²) in [6, 6.07) is 0.224. The van der Waals surface area contributed by atoms with Gasteiger partial charge in [0.25, 0.3) is 0 Å². The fourth-order valence-corrected chi connectivity index (χ4v) is 5.75. The largest absolute Gasteiger partial charge is 0.312 e. The zero-order valence-electron chi connectivity index (χ0n) is 18.6. The lowest BCUT2D eigenvalue weighted by Gasteiger charge is -2.62. The zero-order chi connectivity index (χ0) is 20.2. The van der Waals surface area contributed by atoms with Gasteiger partial charge in [-0.25, -0.2) is 0 Å². The van der Waals surface area contributed by atoms with Gasteiger partial charge in [-0.3, -0.25) is 5.32 Å². The van der Waals surface area contributed by atoms with Crippen LogP contribution < -0.4 is 10.6 Å². The molecule has 1 rings (SSSR count). The first-order valence-electron chi connectivity index (χ1n) is 10.7. The standard InChI is InChI=1S/C22H44Cl2N2/c1-9-11-13-25-17-15-21(19(3,4)5,20(6,7)8)16-22(24,18(17)23)26-14-12-10-2/h17-18,25-26H,9-16H2,1-8H3. The van der Waals surface area contributed by atoms with Crippen LogP contribution in [0.2, 0.25) is 0 Å². The Morgan fingerprint density at radius 1 is 0.923 bits per heavy atom. The van der Waals surface area contributed by atoms with E-state index in [4.69, 9.17) is 23.2 Å². The van der Waals surface area contributed by atoms with Crippen molar-refractivity contribution in [2.75, 3.05) is 13.1 Å². The molecule has 26 heavy (non-hydrogen) atoms. The minimum atomic E-state index is -0.570. The number of hydrogen-bond acceptors (Lipinski definition) is 2. The van der Waals surface area contributed by atoms with E-state index in [2.05, 4.69) is 66.0 Å². The number of rotatable bonds is 8. The summed E-state index contributed by atoms with van der Waals surface area (Å²) >= 11 is 14.3. The van der Waals surface area contributed by atoms with Crippen LogP contribution in [0.3, 0.4) is 0 Å². The maximum atomic E-state index is 7.28. The van der Waals surface area contributed by atoms with Crippen molar-refractivity contribution in [2.45, 2.75) is 110 Å². The number of alkyl halides is 2. The van der Waals surface area contributed by atoms with E-state index in [1.807, 2.05) is 0 Å². The van der Waals surface area contributed by atoms with Crippen molar-refractivity contribution in [1.82, 2.24) is 10.6 Å². The Bertz CT molecular complexity index is 411. The molecule has 0 aliphatic heterocycles. The first kappa shape index (κ1) is 24.5. The van der Waals surface area contributed by atoms with Gasteiger partial charge in [-0.05, 0) is 55.0 Å². The van der Waals surface area contributed by atoms with Crippen LogP contribution in [0.4, 0.5) is 0 Å². The molecular weight excluding hydrogens is 363 g/mol. The van der Waals surface area contributed by atoms with Crippen molar-refractivity contribution in [1.29, 1.82) is 0 Å². The normalized spacial score (nSPS) is 29.8. The quantitative estimate of drug-likeness (QED) is 0.271. The Labute approximate surface area is 173 Å². The smallest absolute Gasteiger partial charge is 0.112 e. The van der Waals surface area contributed by atoms with Gasteiger partial charge in [0.05, 0.1) is 5.38 Å². The molecule has 0 aromatic rings. The van der Waals surface area contributed by atoms with E-state index >= 15 is 0 Å². The van der Waals surface area contributed by atoms with Crippen LogP contribution in [0.25, 0.3) is 0 Å². The van der Waals surface area contributed by atoms with E-state index in [1.54, 1.807) is 0 Å². The van der Waals surface area contributed by atoms with E-state index in [0.717, 1.165) is 38.8 Å². The predicted octanol–water partition coefficient (Wildman–Crippen LogP) is 6.55. The van der Waals surface area contributed by atoms with E-state index in [-0.39, 0.29) is 27.7 Å². The molecule has 1 aliphatic rings. The molecule has 0 bridgehead atoms. The molecule has 1 saturated carbocycles. The molecule has 0 aromatic carbocycles. The molecule has 0 saturated heterocycles. The van der Waals surface area contributed by atoms with Crippen molar-refractivity contribution >= 4 is 23.2 Å². The molecule has 0 amide bonds. The number of unbranched alkanes of at least 4 members (excludes halogenated alkanes) is 2. The summed E-state index contributed by atoms with van der Waals surface area (Å²) in [4.78, 5) is -0.570. The van der Waals surface area contributed by atoms with E-state index in [1.165, 1.54) is 12.8 Å². The van der Waals surface area contributed by atoms with Crippen LogP contribution in [0.15, 0.2) is 0 Å². The second-order valence-corrected chi connectivity index (χ2v) is 11.6. The van der Waals surface area contributed by atoms with Gasteiger partial charge in [0.2, 0.25) is 0 Å². The monoisotopic (exact) mass is 406 g/mol. The SMILES string of the molecule is CCCCNC1CC(C(C)(C)C)(C(C)(C)C)CC(Cl)(NCCCC)C1Cl. The lowest BCUT2D eigenvalue weighted by molar-refractivity contribution is -0.0871. The lowest BCUT2D eigenvalue weighted by atomic mass is 9.47. The molecule has 3 atom stereocenters. The summed E-state index contributed by atoms with van der Waals surface area (Å²) in [6.45, 7) is 20.6. The minimum absolute atomic E-state index is 0.0935. The molecule has 0 aromatic heterocycles. The molecule has 2 N–H and O–H groups in total. The molecule has 4 heteroatoms. The van der Waals surface area contributed by atoms with Crippen molar-refractivity contribution < 1.29 is 0 Å². The van der Waals surface area contributed by atoms with Gasteiger partial charge in [-0.1, -0.05) is 68.2 Å². The first-order valence-corrected chi connectivity index (χ1v) is 11.5. The molecule has 3 unspecified atom stereocenters. The lowest BCUT2D eigenvalue weighted by Crippen LogP contribution is -2.67. The maximum absolute atomic E-state index is 7.28. The number of nitrogens with one attached hydrogen (secondary N) is 2. The maximum Gasteiger partial charge on any atom is 0.112 e. The van der Waals surface area contributed by atoms with Crippen LogP contribution >= 0.6 is 23.2 Å².